The maximum absolute atomic E-state index is 11.7. The van der Waals surface area contributed by atoms with Crippen molar-refractivity contribution >= 4 is 11.9 Å². The van der Waals surface area contributed by atoms with Crippen molar-refractivity contribution < 1.29 is 9.53 Å². The van der Waals surface area contributed by atoms with Crippen LogP contribution >= 0.6 is 0 Å². The molecular formula is C13H19N3O2. The van der Waals surface area contributed by atoms with Gasteiger partial charge in [-0.3, -0.25) is 0 Å². The van der Waals surface area contributed by atoms with Gasteiger partial charge < -0.3 is 15.0 Å². The number of carbonyl (C=O) groups is 1. The first-order valence-corrected chi connectivity index (χ1v) is 6.09. The molecule has 1 aliphatic rings. The maximum Gasteiger partial charge on any atom is 0.410 e. The molecule has 0 aromatic carbocycles. The lowest BCUT2D eigenvalue weighted by Crippen LogP contribution is -2.58. The first-order valence-electron chi connectivity index (χ1n) is 6.09. The Morgan fingerprint density at radius 1 is 1.44 bits per heavy atom. The molecule has 2 rings (SSSR count). The van der Waals surface area contributed by atoms with Crippen molar-refractivity contribution in [2.45, 2.75) is 32.4 Å². The van der Waals surface area contributed by atoms with Gasteiger partial charge in [0.1, 0.15) is 11.4 Å². The SMILES string of the molecule is CC(C)(C)OC(=O)N1CC(Nc2ccccn2)C1. The van der Waals surface area contributed by atoms with Gasteiger partial charge in [-0.2, -0.15) is 0 Å². The molecule has 5 nitrogen and oxygen atoms in total. The summed E-state index contributed by atoms with van der Waals surface area (Å²) in [5.41, 5.74) is -0.434. The minimum absolute atomic E-state index is 0.249. The standard InChI is InChI=1S/C13H19N3O2/c1-13(2,3)18-12(17)16-8-10(9-16)15-11-6-4-5-7-14-11/h4-7,10H,8-9H2,1-3H3,(H,14,15). The number of rotatable bonds is 2. The fraction of sp³-hybridized carbons (Fsp3) is 0.538. The topological polar surface area (TPSA) is 54.5 Å². The summed E-state index contributed by atoms with van der Waals surface area (Å²) in [6.07, 6.45) is 1.49. The third-order valence-electron chi connectivity index (χ3n) is 2.55. The second-order valence-corrected chi connectivity index (χ2v) is 5.44. The van der Waals surface area contributed by atoms with E-state index in [9.17, 15) is 4.79 Å². The molecule has 0 atom stereocenters. The molecule has 1 aromatic heterocycles. The second kappa shape index (κ2) is 4.84. The van der Waals surface area contributed by atoms with Gasteiger partial charge in [-0.1, -0.05) is 6.07 Å². The molecule has 1 fully saturated rings. The molecule has 0 unspecified atom stereocenters. The normalized spacial score (nSPS) is 16.1. The van der Waals surface area contributed by atoms with Crippen molar-refractivity contribution in [2.24, 2.45) is 0 Å². The zero-order valence-corrected chi connectivity index (χ0v) is 11.0. The monoisotopic (exact) mass is 249 g/mol. The molecule has 1 amide bonds. The van der Waals surface area contributed by atoms with Gasteiger partial charge in [-0.25, -0.2) is 9.78 Å². The van der Waals surface area contributed by atoms with Crippen LogP contribution in [0.2, 0.25) is 0 Å². The summed E-state index contributed by atoms with van der Waals surface area (Å²) in [5, 5.41) is 3.27. The predicted octanol–water partition coefficient (Wildman–Crippen LogP) is 2.11. The Morgan fingerprint density at radius 2 is 2.17 bits per heavy atom. The van der Waals surface area contributed by atoms with Crippen LogP contribution in [0.25, 0.3) is 0 Å². The minimum Gasteiger partial charge on any atom is -0.444 e. The summed E-state index contributed by atoms with van der Waals surface area (Å²) in [5.74, 6) is 0.839. The van der Waals surface area contributed by atoms with E-state index in [1.54, 1.807) is 11.1 Å². The number of nitrogens with zero attached hydrogens (tertiary/aromatic N) is 2. The fourth-order valence-electron chi connectivity index (χ4n) is 1.70. The molecule has 18 heavy (non-hydrogen) atoms. The van der Waals surface area contributed by atoms with Crippen molar-refractivity contribution in [1.29, 1.82) is 0 Å². The molecule has 1 aromatic rings. The number of amides is 1. The Hall–Kier alpha value is -1.78. The van der Waals surface area contributed by atoms with E-state index in [4.69, 9.17) is 4.74 Å². The lowest BCUT2D eigenvalue weighted by molar-refractivity contribution is 0.0104. The highest BCUT2D eigenvalue weighted by molar-refractivity contribution is 5.69. The number of likely N-dealkylation sites (tertiary alicyclic amines) is 1. The molecule has 1 N–H and O–H groups in total. The maximum atomic E-state index is 11.7. The van der Waals surface area contributed by atoms with Crippen LogP contribution in [0.3, 0.4) is 0 Å². The van der Waals surface area contributed by atoms with Crippen LogP contribution in [0.4, 0.5) is 10.6 Å². The molecule has 98 valence electrons. The second-order valence-electron chi connectivity index (χ2n) is 5.44. The largest absolute Gasteiger partial charge is 0.444 e. The third kappa shape index (κ3) is 3.35. The smallest absolute Gasteiger partial charge is 0.410 e. The summed E-state index contributed by atoms with van der Waals surface area (Å²) in [7, 11) is 0. The van der Waals surface area contributed by atoms with Gasteiger partial charge in [-0.05, 0) is 32.9 Å². The van der Waals surface area contributed by atoms with Crippen molar-refractivity contribution in [2.75, 3.05) is 18.4 Å². The molecule has 0 spiro atoms. The van der Waals surface area contributed by atoms with Crippen LogP contribution in [0, 0.1) is 0 Å². The Labute approximate surface area is 107 Å². The molecule has 0 bridgehead atoms. The summed E-state index contributed by atoms with van der Waals surface area (Å²) < 4.78 is 5.28. The number of nitrogens with one attached hydrogen (secondary N) is 1. The quantitative estimate of drug-likeness (QED) is 0.872. The average Bonchev–Trinajstić information content (AvgIpc) is 2.21. The first kappa shape index (κ1) is 12.7. The Morgan fingerprint density at radius 3 is 2.72 bits per heavy atom. The van der Waals surface area contributed by atoms with Gasteiger partial charge in [0, 0.05) is 19.3 Å². The number of carbonyl (C=O) groups excluding carboxylic acids is 1. The fourth-order valence-corrected chi connectivity index (χ4v) is 1.70. The van der Waals surface area contributed by atoms with Crippen LogP contribution in [0.1, 0.15) is 20.8 Å². The summed E-state index contributed by atoms with van der Waals surface area (Å²) in [4.78, 5) is 17.6. The molecular weight excluding hydrogens is 230 g/mol. The number of aromatic nitrogens is 1. The van der Waals surface area contributed by atoms with Crippen LogP contribution in [0.5, 0.6) is 0 Å². The summed E-state index contributed by atoms with van der Waals surface area (Å²) in [6.45, 7) is 6.92. The highest BCUT2D eigenvalue weighted by Gasteiger charge is 2.33. The highest BCUT2D eigenvalue weighted by atomic mass is 16.6. The number of pyridine rings is 1. The zero-order chi connectivity index (χ0) is 13.2. The van der Waals surface area contributed by atoms with Crippen molar-refractivity contribution in [3.05, 3.63) is 24.4 Å². The van der Waals surface area contributed by atoms with Gasteiger partial charge in [0.25, 0.3) is 0 Å². The minimum atomic E-state index is -0.434. The van der Waals surface area contributed by atoms with Gasteiger partial charge in [0.15, 0.2) is 0 Å². The third-order valence-corrected chi connectivity index (χ3v) is 2.55. The van der Waals surface area contributed by atoms with E-state index in [0.29, 0.717) is 13.1 Å². The van der Waals surface area contributed by atoms with E-state index >= 15 is 0 Å². The van der Waals surface area contributed by atoms with Crippen LogP contribution in [-0.4, -0.2) is 40.7 Å². The van der Waals surface area contributed by atoms with E-state index in [0.717, 1.165) is 5.82 Å². The first-order chi connectivity index (χ1) is 8.44. The Kier molecular flexibility index (Phi) is 3.41. The molecule has 1 saturated heterocycles. The van der Waals surface area contributed by atoms with Gasteiger partial charge in [0.2, 0.25) is 0 Å². The summed E-state index contributed by atoms with van der Waals surface area (Å²) in [6, 6.07) is 5.97. The van der Waals surface area contributed by atoms with E-state index < -0.39 is 5.60 Å². The molecule has 0 saturated carbocycles. The Balaban J connectivity index is 1.76. The van der Waals surface area contributed by atoms with Gasteiger partial charge in [0.05, 0.1) is 6.04 Å². The number of hydrogen-bond acceptors (Lipinski definition) is 4. The zero-order valence-electron chi connectivity index (χ0n) is 11.0. The van der Waals surface area contributed by atoms with Crippen LogP contribution in [0.15, 0.2) is 24.4 Å². The molecule has 0 aliphatic carbocycles. The lowest BCUT2D eigenvalue weighted by atomic mass is 10.1. The lowest BCUT2D eigenvalue weighted by Gasteiger charge is -2.40. The molecule has 2 heterocycles. The van der Waals surface area contributed by atoms with Crippen molar-refractivity contribution in [3.8, 4) is 0 Å². The summed E-state index contributed by atoms with van der Waals surface area (Å²) >= 11 is 0. The number of ether oxygens (including phenoxy) is 1. The van der Waals surface area contributed by atoms with E-state index in [1.165, 1.54) is 0 Å². The van der Waals surface area contributed by atoms with E-state index in [-0.39, 0.29) is 12.1 Å². The average molecular weight is 249 g/mol. The van der Waals surface area contributed by atoms with Crippen LogP contribution < -0.4 is 5.32 Å². The van der Waals surface area contributed by atoms with E-state index in [2.05, 4.69) is 10.3 Å². The highest BCUT2D eigenvalue weighted by Crippen LogP contribution is 2.17. The Bertz CT molecular complexity index is 408. The van der Waals surface area contributed by atoms with Gasteiger partial charge >= 0.3 is 6.09 Å². The number of hydrogen-bond donors (Lipinski definition) is 1. The van der Waals surface area contributed by atoms with Gasteiger partial charge in [-0.15, -0.1) is 0 Å². The predicted molar refractivity (Wildman–Crippen MR) is 69.5 cm³/mol. The van der Waals surface area contributed by atoms with Crippen molar-refractivity contribution in [3.63, 3.8) is 0 Å². The van der Waals surface area contributed by atoms with Crippen molar-refractivity contribution in [1.82, 2.24) is 9.88 Å². The molecule has 1 aliphatic heterocycles. The van der Waals surface area contributed by atoms with Crippen LogP contribution in [-0.2, 0) is 4.74 Å². The van der Waals surface area contributed by atoms with E-state index in [1.807, 2.05) is 39.0 Å². The molecule has 0 radical (unpaired) electrons. The molecule has 5 heteroatoms. The number of anilines is 1.